The van der Waals surface area contributed by atoms with Crippen LogP contribution in [0.2, 0.25) is 0 Å². The molecular weight excluding hydrogens is 538 g/mol. The topological polar surface area (TPSA) is 47.9 Å². The van der Waals surface area contributed by atoms with Crippen molar-refractivity contribution in [2.45, 2.75) is 18.3 Å². The first-order valence-corrected chi connectivity index (χ1v) is 15.1. The minimum Gasteiger partial charge on any atom is -0.456 e. The summed E-state index contributed by atoms with van der Waals surface area (Å²) < 4.78 is 6.92. The molecule has 9 rings (SSSR count). The summed E-state index contributed by atoms with van der Waals surface area (Å²) in [6.45, 7) is 0. The van der Waals surface area contributed by atoms with Crippen LogP contribution in [0.1, 0.15) is 35.4 Å². The second-order valence-corrected chi connectivity index (χ2v) is 11.4. The number of rotatable bonds is 3. The molecule has 208 valence electrons. The van der Waals surface area contributed by atoms with Crippen molar-refractivity contribution >= 4 is 5.57 Å². The Bertz CT molecular complexity index is 2040. The molecule has 1 spiro atoms. The van der Waals surface area contributed by atoms with E-state index < -0.39 is 5.41 Å². The van der Waals surface area contributed by atoms with Crippen molar-refractivity contribution in [1.29, 1.82) is 0 Å². The third-order valence-electron chi connectivity index (χ3n) is 9.11. The van der Waals surface area contributed by atoms with Crippen molar-refractivity contribution in [3.05, 3.63) is 173 Å². The van der Waals surface area contributed by atoms with Crippen molar-refractivity contribution < 1.29 is 4.74 Å². The maximum atomic E-state index is 6.92. The van der Waals surface area contributed by atoms with Gasteiger partial charge >= 0.3 is 0 Å². The summed E-state index contributed by atoms with van der Waals surface area (Å²) in [6.07, 6.45) is 3.98. The number of benzene rings is 5. The highest BCUT2D eigenvalue weighted by molar-refractivity contribution is 5.90. The second-order valence-electron chi connectivity index (χ2n) is 11.4. The summed E-state index contributed by atoms with van der Waals surface area (Å²) in [4.78, 5) is 15.1. The molecule has 0 saturated heterocycles. The van der Waals surface area contributed by atoms with E-state index in [-0.39, 0.29) is 0 Å². The van der Waals surface area contributed by atoms with Gasteiger partial charge in [0, 0.05) is 16.7 Å². The van der Waals surface area contributed by atoms with Crippen LogP contribution in [0.5, 0.6) is 5.75 Å². The van der Waals surface area contributed by atoms with Crippen LogP contribution in [-0.2, 0) is 5.41 Å². The zero-order chi connectivity index (χ0) is 29.1. The Balaban J connectivity index is 1.32. The smallest absolute Gasteiger partial charge is 0.167 e. The van der Waals surface area contributed by atoms with Crippen molar-refractivity contribution in [2.24, 2.45) is 0 Å². The molecule has 2 aliphatic carbocycles. The van der Waals surface area contributed by atoms with Crippen LogP contribution in [0, 0.1) is 0 Å². The van der Waals surface area contributed by atoms with Crippen LogP contribution in [0.4, 0.5) is 0 Å². The third kappa shape index (κ3) is 3.54. The molecule has 0 N–H and O–H groups in total. The Hall–Kier alpha value is -5.61. The average molecular weight is 566 g/mol. The molecule has 0 bridgehead atoms. The minimum atomic E-state index is -0.464. The van der Waals surface area contributed by atoms with Gasteiger partial charge in [-0.25, -0.2) is 15.0 Å². The lowest BCUT2D eigenvalue weighted by Gasteiger charge is -2.42. The highest BCUT2D eigenvalue weighted by Crippen LogP contribution is 2.62. The monoisotopic (exact) mass is 565 g/mol. The van der Waals surface area contributed by atoms with Crippen molar-refractivity contribution in [2.75, 3.05) is 0 Å². The summed E-state index contributed by atoms with van der Waals surface area (Å²) in [7, 11) is 0. The van der Waals surface area contributed by atoms with E-state index in [0.29, 0.717) is 17.5 Å². The van der Waals surface area contributed by atoms with Crippen LogP contribution in [0.25, 0.3) is 39.5 Å². The molecule has 5 aromatic carbocycles. The number of para-hydroxylation sites is 1. The van der Waals surface area contributed by atoms with Gasteiger partial charge in [0.1, 0.15) is 11.5 Å². The molecule has 0 atom stereocenters. The van der Waals surface area contributed by atoms with Crippen LogP contribution in [0.3, 0.4) is 0 Å². The first kappa shape index (κ1) is 24.9. The summed E-state index contributed by atoms with van der Waals surface area (Å²) in [5.74, 6) is 3.63. The number of allylic oxidation sites excluding steroid dienone is 3. The molecule has 0 radical (unpaired) electrons. The van der Waals surface area contributed by atoms with Gasteiger partial charge in [-0.15, -0.1) is 0 Å². The van der Waals surface area contributed by atoms with E-state index in [1.807, 2.05) is 60.7 Å². The van der Waals surface area contributed by atoms with E-state index >= 15 is 0 Å². The van der Waals surface area contributed by atoms with Crippen LogP contribution < -0.4 is 4.74 Å². The van der Waals surface area contributed by atoms with E-state index in [9.17, 15) is 0 Å². The quantitative estimate of drug-likeness (QED) is 0.215. The Morgan fingerprint density at radius 3 is 1.61 bits per heavy atom. The lowest BCUT2D eigenvalue weighted by molar-refractivity contribution is 0.393. The molecule has 4 heteroatoms. The molecule has 6 aromatic rings. The summed E-state index contributed by atoms with van der Waals surface area (Å²) >= 11 is 0. The van der Waals surface area contributed by atoms with Crippen molar-refractivity contribution in [3.63, 3.8) is 0 Å². The van der Waals surface area contributed by atoms with Gasteiger partial charge in [0.2, 0.25) is 0 Å². The van der Waals surface area contributed by atoms with Gasteiger partial charge in [0.25, 0.3) is 0 Å². The fourth-order valence-electron chi connectivity index (χ4n) is 7.31. The third-order valence-corrected chi connectivity index (χ3v) is 9.11. The van der Waals surface area contributed by atoms with Gasteiger partial charge < -0.3 is 4.74 Å². The lowest BCUT2D eigenvalue weighted by Crippen LogP contribution is -2.36. The Labute approximate surface area is 256 Å². The molecule has 0 amide bonds. The standard InChI is InChI=1S/C40H27N3O/c1-3-14-26(15-4-1)37-41-38(27-16-5-2-6-17-27)43-39(42-37)30-20-13-24-34-36(30)44-35-25-12-11-23-33(35)40(34)31-21-9-7-18-28(31)29-19-8-10-22-32(29)40/h1-12,14-23,25H,13,24H2. The Morgan fingerprint density at radius 1 is 0.500 bits per heavy atom. The number of hydrogen-bond acceptors (Lipinski definition) is 4. The first-order valence-electron chi connectivity index (χ1n) is 15.1. The Kier molecular flexibility index (Phi) is 5.51. The van der Waals surface area contributed by atoms with Crippen molar-refractivity contribution in [3.8, 4) is 39.7 Å². The second kappa shape index (κ2) is 9.72. The molecule has 1 aromatic heterocycles. The molecule has 1 aliphatic heterocycles. The van der Waals surface area contributed by atoms with E-state index in [1.54, 1.807) is 0 Å². The zero-order valence-corrected chi connectivity index (χ0v) is 23.9. The number of nitrogens with zero attached hydrogens (tertiary/aromatic N) is 3. The fraction of sp³-hybridized carbons (Fsp3) is 0.0750. The predicted molar refractivity (Wildman–Crippen MR) is 174 cm³/mol. The van der Waals surface area contributed by atoms with Crippen LogP contribution >= 0.6 is 0 Å². The van der Waals surface area contributed by atoms with Crippen LogP contribution in [0.15, 0.2) is 151 Å². The molecule has 44 heavy (non-hydrogen) atoms. The van der Waals surface area contributed by atoms with E-state index in [2.05, 4.69) is 78.9 Å². The molecule has 3 aliphatic rings. The summed E-state index contributed by atoms with van der Waals surface area (Å²) in [5, 5.41) is 0. The fourth-order valence-corrected chi connectivity index (χ4v) is 7.31. The van der Waals surface area contributed by atoms with Crippen LogP contribution in [-0.4, -0.2) is 15.0 Å². The van der Waals surface area contributed by atoms with Gasteiger partial charge in [0.15, 0.2) is 17.5 Å². The number of hydrogen-bond donors (Lipinski definition) is 0. The number of ether oxygens (including phenoxy) is 1. The lowest BCUT2D eigenvalue weighted by atomic mass is 9.63. The van der Waals surface area contributed by atoms with Gasteiger partial charge in [-0.3, -0.25) is 0 Å². The zero-order valence-electron chi connectivity index (χ0n) is 23.9. The highest BCUT2D eigenvalue weighted by Gasteiger charge is 2.52. The SMILES string of the molecule is C1=C(c2nc(-c3ccccc3)nc(-c3ccccc3)n2)C2=C(CC1)C1(c3ccccc3O2)c2ccccc2-c2ccccc21. The number of aromatic nitrogens is 3. The van der Waals surface area contributed by atoms with Gasteiger partial charge in [-0.2, -0.15) is 0 Å². The molecule has 0 saturated carbocycles. The molecule has 0 unspecified atom stereocenters. The van der Waals surface area contributed by atoms with Gasteiger partial charge in [-0.05, 0) is 46.7 Å². The maximum Gasteiger partial charge on any atom is 0.167 e. The molecular formula is C40H27N3O. The van der Waals surface area contributed by atoms with E-state index in [0.717, 1.165) is 41.1 Å². The van der Waals surface area contributed by atoms with E-state index in [4.69, 9.17) is 19.7 Å². The van der Waals surface area contributed by atoms with Crippen molar-refractivity contribution in [1.82, 2.24) is 15.0 Å². The minimum absolute atomic E-state index is 0.464. The summed E-state index contributed by atoms with van der Waals surface area (Å²) in [6, 6.07) is 46.5. The predicted octanol–water partition coefficient (Wildman–Crippen LogP) is 9.04. The van der Waals surface area contributed by atoms with E-state index in [1.165, 1.54) is 33.4 Å². The molecule has 0 fully saturated rings. The number of fused-ring (bicyclic) bond motifs is 8. The maximum absolute atomic E-state index is 6.92. The average Bonchev–Trinajstić information content (AvgIpc) is 3.40. The van der Waals surface area contributed by atoms with Gasteiger partial charge in [-0.1, -0.05) is 133 Å². The highest BCUT2D eigenvalue weighted by atomic mass is 16.5. The first-order chi connectivity index (χ1) is 21.8. The normalized spacial score (nSPS) is 15.5. The van der Waals surface area contributed by atoms with Gasteiger partial charge in [0.05, 0.1) is 11.0 Å². The molecule has 2 heterocycles. The Morgan fingerprint density at radius 2 is 1.00 bits per heavy atom. The molecule has 4 nitrogen and oxygen atoms in total. The largest absolute Gasteiger partial charge is 0.456 e. The summed E-state index contributed by atoms with van der Waals surface area (Å²) in [5.41, 5.74) is 9.95.